The van der Waals surface area contributed by atoms with Crippen LogP contribution >= 0.6 is 11.6 Å². The number of amides is 1. The lowest BCUT2D eigenvalue weighted by atomic mass is 10.1. The number of halogens is 1. The molecule has 0 radical (unpaired) electrons. The van der Waals surface area contributed by atoms with Crippen molar-refractivity contribution in [3.05, 3.63) is 64.9 Å². The summed E-state index contributed by atoms with van der Waals surface area (Å²) < 4.78 is 0. The summed E-state index contributed by atoms with van der Waals surface area (Å²) in [6.45, 7) is 0. The van der Waals surface area contributed by atoms with E-state index in [-0.39, 0.29) is 6.42 Å². The molecule has 108 valence electrons. The minimum absolute atomic E-state index is 0.155. The first-order chi connectivity index (χ1) is 10.1. The van der Waals surface area contributed by atoms with Crippen LogP contribution in [0.2, 0.25) is 5.02 Å². The van der Waals surface area contributed by atoms with Crippen molar-refractivity contribution >= 4 is 23.5 Å². The molecular formula is C15H13ClN2O3. The summed E-state index contributed by atoms with van der Waals surface area (Å²) in [6.07, 6.45) is 3.08. The third-order valence-electron chi connectivity index (χ3n) is 2.86. The fourth-order valence-electron chi connectivity index (χ4n) is 1.84. The molecular weight excluding hydrogens is 292 g/mol. The van der Waals surface area contributed by atoms with Crippen LogP contribution in [0.4, 0.5) is 0 Å². The maximum atomic E-state index is 12.0. The molecule has 0 saturated heterocycles. The molecule has 0 aliphatic rings. The molecule has 1 aromatic heterocycles. The van der Waals surface area contributed by atoms with E-state index in [1.165, 1.54) is 12.4 Å². The molecule has 0 aliphatic heterocycles. The molecule has 5 nitrogen and oxygen atoms in total. The SMILES string of the molecule is O=C(N[C@@H](Cc1cccc(Cl)c1)C(=O)O)c1cccnc1. The average Bonchev–Trinajstić information content (AvgIpc) is 2.47. The third-order valence-corrected chi connectivity index (χ3v) is 3.09. The Kier molecular flexibility index (Phi) is 4.90. The molecule has 0 unspecified atom stereocenters. The van der Waals surface area contributed by atoms with Crippen LogP contribution in [0.5, 0.6) is 0 Å². The lowest BCUT2D eigenvalue weighted by Gasteiger charge is -2.14. The van der Waals surface area contributed by atoms with Crippen LogP contribution in [0.3, 0.4) is 0 Å². The number of benzene rings is 1. The summed E-state index contributed by atoms with van der Waals surface area (Å²) in [7, 11) is 0. The number of nitrogens with one attached hydrogen (secondary N) is 1. The highest BCUT2D eigenvalue weighted by atomic mass is 35.5. The molecule has 2 rings (SSSR count). The lowest BCUT2D eigenvalue weighted by Crippen LogP contribution is -2.42. The number of carboxylic acids is 1. The summed E-state index contributed by atoms with van der Waals surface area (Å²) in [4.78, 5) is 27.1. The van der Waals surface area contributed by atoms with Crippen LogP contribution in [0, 0.1) is 0 Å². The van der Waals surface area contributed by atoms with E-state index in [0.29, 0.717) is 10.6 Å². The van der Waals surface area contributed by atoms with Crippen LogP contribution in [-0.2, 0) is 11.2 Å². The summed E-state index contributed by atoms with van der Waals surface area (Å²) in [5, 5.41) is 12.2. The minimum atomic E-state index is -1.10. The first kappa shape index (κ1) is 15.0. The average molecular weight is 305 g/mol. The Labute approximate surface area is 126 Å². The number of nitrogens with zero attached hydrogens (tertiary/aromatic N) is 1. The van der Waals surface area contributed by atoms with Gasteiger partial charge in [-0.05, 0) is 29.8 Å². The van der Waals surface area contributed by atoms with Crippen molar-refractivity contribution in [1.82, 2.24) is 10.3 Å². The molecule has 21 heavy (non-hydrogen) atoms. The maximum absolute atomic E-state index is 12.0. The van der Waals surface area contributed by atoms with Gasteiger partial charge in [0.05, 0.1) is 5.56 Å². The van der Waals surface area contributed by atoms with Gasteiger partial charge in [-0.15, -0.1) is 0 Å². The number of hydrogen-bond donors (Lipinski definition) is 2. The molecule has 1 amide bonds. The van der Waals surface area contributed by atoms with Gasteiger partial charge < -0.3 is 10.4 Å². The first-order valence-electron chi connectivity index (χ1n) is 6.24. The van der Waals surface area contributed by atoms with E-state index >= 15 is 0 Å². The third kappa shape index (κ3) is 4.29. The number of hydrogen-bond acceptors (Lipinski definition) is 3. The number of aromatic nitrogens is 1. The number of carbonyl (C=O) groups excluding carboxylic acids is 1. The van der Waals surface area contributed by atoms with Crippen molar-refractivity contribution in [3.8, 4) is 0 Å². The molecule has 2 aromatic rings. The zero-order valence-corrected chi connectivity index (χ0v) is 11.7. The zero-order valence-electron chi connectivity index (χ0n) is 11.0. The summed E-state index contributed by atoms with van der Waals surface area (Å²) >= 11 is 5.87. The predicted octanol–water partition coefficient (Wildman–Crippen LogP) is 2.16. The second-order valence-electron chi connectivity index (χ2n) is 4.44. The molecule has 0 spiro atoms. The van der Waals surface area contributed by atoms with Gasteiger partial charge in [0.2, 0.25) is 0 Å². The quantitative estimate of drug-likeness (QED) is 0.887. The second kappa shape index (κ2) is 6.85. The number of aliphatic carboxylic acids is 1. The van der Waals surface area contributed by atoms with Crippen LogP contribution in [0.25, 0.3) is 0 Å². The van der Waals surface area contributed by atoms with Crippen LogP contribution in [0.1, 0.15) is 15.9 Å². The Hall–Kier alpha value is -2.40. The predicted molar refractivity (Wildman–Crippen MR) is 78.3 cm³/mol. The van der Waals surface area contributed by atoms with E-state index in [2.05, 4.69) is 10.3 Å². The standard InChI is InChI=1S/C15H13ClN2O3/c16-12-5-1-3-10(7-12)8-13(15(20)21)18-14(19)11-4-2-6-17-9-11/h1-7,9,13H,8H2,(H,18,19)(H,20,21)/t13-/m0/s1. The monoisotopic (exact) mass is 304 g/mol. The van der Waals surface area contributed by atoms with Crippen molar-refractivity contribution in [2.75, 3.05) is 0 Å². The molecule has 6 heteroatoms. The fraction of sp³-hybridized carbons (Fsp3) is 0.133. The van der Waals surface area contributed by atoms with Gasteiger partial charge in [-0.25, -0.2) is 4.79 Å². The Balaban J connectivity index is 2.09. The van der Waals surface area contributed by atoms with Gasteiger partial charge in [0.1, 0.15) is 6.04 Å². The number of rotatable bonds is 5. The number of carbonyl (C=O) groups is 2. The molecule has 0 aliphatic carbocycles. The molecule has 1 heterocycles. The smallest absolute Gasteiger partial charge is 0.326 e. The molecule has 0 fully saturated rings. The normalized spacial score (nSPS) is 11.7. The molecule has 0 saturated carbocycles. The van der Waals surface area contributed by atoms with Crippen molar-refractivity contribution in [3.63, 3.8) is 0 Å². The Morgan fingerprint density at radius 2 is 2.10 bits per heavy atom. The Morgan fingerprint density at radius 3 is 2.71 bits per heavy atom. The van der Waals surface area contributed by atoms with E-state index in [1.54, 1.807) is 36.4 Å². The lowest BCUT2D eigenvalue weighted by molar-refractivity contribution is -0.139. The van der Waals surface area contributed by atoms with Crippen LogP contribution in [-0.4, -0.2) is 28.0 Å². The highest BCUT2D eigenvalue weighted by molar-refractivity contribution is 6.30. The van der Waals surface area contributed by atoms with E-state index in [9.17, 15) is 14.7 Å². The van der Waals surface area contributed by atoms with Gasteiger partial charge in [-0.2, -0.15) is 0 Å². The largest absolute Gasteiger partial charge is 0.480 e. The van der Waals surface area contributed by atoms with Crippen LogP contribution in [0.15, 0.2) is 48.8 Å². The van der Waals surface area contributed by atoms with E-state index in [1.807, 2.05) is 0 Å². The van der Waals surface area contributed by atoms with Gasteiger partial charge in [0.25, 0.3) is 5.91 Å². The summed E-state index contributed by atoms with van der Waals surface area (Å²) in [6, 6.07) is 9.03. The van der Waals surface area contributed by atoms with Gasteiger partial charge in [-0.3, -0.25) is 9.78 Å². The molecule has 1 atom stereocenters. The zero-order chi connectivity index (χ0) is 15.2. The van der Waals surface area contributed by atoms with Gasteiger partial charge in [0.15, 0.2) is 0 Å². The highest BCUT2D eigenvalue weighted by Gasteiger charge is 2.21. The van der Waals surface area contributed by atoms with Crippen molar-refractivity contribution in [1.29, 1.82) is 0 Å². The van der Waals surface area contributed by atoms with Crippen molar-refractivity contribution < 1.29 is 14.7 Å². The molecule has 2 N–H and O–H groups in total. The van der Waals surface area contributed by atoms with E-state index in [4.69, 9.17) is 11.6 Å². The van der Waals surface area contributed by atoms with E-state index < -0.39 is 17.9 Å². The minimum Gasteiger partial charge on any atom is -0.480 e. The number of pyridine rings is 1. The fourth-order valence-corrected chi connectivity index (χ4v) is 2.05. The summed E-state index contributed by atoms with van der Waals surface area (Å²) in [5.74, 6) is -1.58. The molecule has 1 aromatic carbocycles. The van der Waals surface area contributed by atoms with Crippen molar-refractivity contribution in [2.45, 2.75) is 12.5 Å². The Bertz CT molecular complexity index is 646. The van der Waals surface area contributed by atoms with Gasteiger partial charge in [-0.1, -0.05) is 23.7 Å². The Morgan fingerprint density at radius 1 is 1.29 bits per heavy atom. The van der Waals surface area contributed by atoms with Crippen LogP contribution < -0.4 is 5.32 Å². The second-order valence-corrected chi connectivity index (χ2v) is 4.88. The van der Waals surface area contributed by atoms with E-state index in [0.717, 1.165) is 5.56 Å². The number of carboxylic acid groups (broad SMARTS) is 1. The highest BCUT2D eigenvalue weighted by Crippen LogP contribution is 2.12. The molecule has 0 bridgehead atoms. The topological polar surface area (TPSA) is 79.3 Å². The van der Waals surface area contributed by atoms with Gasteiger partial charge in [0, 0.05) is 23.8 Å². The van der Waals surface area contributed by atoms with Crippen molar-refractivity contribution in [2.24, 2.45) is 0 Å². The first-order valence-corrected chi connectivity index (χ1v) is 6.62. The van der Waals surface area contributed by atoms with Gasteiger partial charge >= 0.3 is 5.97 Å². The summed E-state index contributed by atoms with van der Waals surface area (Å²) in [5.41, 5.74) is 1.05. The maximum Gasteiger partial charge on any atom is 0.326 e.